The number of hydrogen-bond donors (Lipinski definition) is 1. The predicted molar refractivity (Wildman–Crippen MR) is 73.3 cm³/mol. The smallest absolute Gasteiger partial charge is 0.0650 e. The number of aliphatic imine (C=N–C) groups is 1. The molecule has 0 spiro atoms. The molecule has 2 nitrogen and oxygen atoms in total. The Hall–Kier alpha value is -1.28. The normalized spacial score (nSPS) is 17.9. The minimum Gasteiger partial charge on any atom is -0.358 e. The number of fused-ring (bicyclic) bond motifs is 3. The van der Waals surface area contributed by atoms with E-state index in [1.807, 2.05) is 6.07 Å². The second-order valence-electron chi connectivity index (χ2n) is 5.21. The van der Waals surface area contributed by atoms with Gasteiger partial charge in [-0.15, -0.1) is 11.6 Å². The minimum absolute atomic E-state index is 0.0574. The molecular weight excluding hydrogens is 232 g/mol. The van der Waals surface area contributed by atoms with Gasteiger partial charge in [0.1, 0.15) is 0 Å². The number of para-hydroxylation sites is 1. The molecule has 2 heterocycles. The summed E-state index contributed by atoms with van der Waals surface area (Å²) in [5.74, 6) is 0.471. The van der Waals surface area contributed by atoms with Crippen molar-refractivity contribution in [3.05, 3.63) is 35.5 Å². The van der Waals surface area contributed by atoms with Crippen molar-refractivity contribution >= 4 is 28.2 Å². The van der Waals surface area contributed by atoms with Crippen LogP contribution in [-0.2, 0) is 6.42 Å². The number of rotatable bonds is 1. The third-order valence-electron chi connectivity index (χ3n) is 3.25. The van der Waals surface area contributed by atoms with Crippen LogP contribution in [0.1, 0.15) is 25.1 Å². The maximum Gasteiger partial charge on any atom is 0.0650 e. The van der Waals surface area contributed by atoms with E-state index in [4.69, 9.17) is 16.6 Å². The van der Waals surface area contributed by atoms with Crippen molar-refractivity contribution in [3.63, 3.8) is 0 Å². The number of halogens is 1. The Morgan fingerprint density at radius 3 is 2.88 bits per heavy atom. The summed E-state index contributed by atoms with van der Waals surface area (Å²) in [7, 11) is 0. The van der Waals surface area contributed by atoms with Gasteiger partial charge in [-0.25, -0.2) is 0 Å². The fourth-order valence-corrected chi connectivity index (χ4v) is 2.84. The Bertz CT molecular complexity index is 608. The van der Waals surface area contributed by atoms with Crippen LogP contribution in [0.25, 0.3) is 10.9 Å². The zero-order valence-electron chi connectivity index (χ0n) is 10.0. The first-order valence-corrected chi connectivity index (χ1v) is 6.39. The summed E-state index contributed by atoms with van der Waals surface area (Å²) in [6, 6.07) is 8.34. The Labute approximate surface area is 106 Å². The van der Waals surface area contributed by atoms with Gasteiger partial charge in [-0.3, -0.25) is 4.99 Å². The fraction of sp³-hybridized carbons (Fsp3) is 0.357. The lowest BCUT2D eigenvalue weighted by atomic mass is 9.91. The molecule has 0 bridgehead atoms. The third kappa shape index (κ3) is 1.67. The first kappa shape index (κ1) is 10.8. The lowest BCUT2D eigenvalue weighted by Gasteiger charge is -2.26. The van der Waals surface area contributed by atoms with E-state index in [1.54, 1.807) is 0 Å². The van der Waals surface area contributed by atoms with Crippen LogP contribution in [0.3, 0.4) is 0 Å². The van der Waals surface area contributed by atoms with E-state index in [1.165, 1.54) is 22.2 Å². The van der Waals surface area contributed by atoms with E-state index in [0.717, 1.165) is 12.1 Å². The van der Waals surface area contributed by atoms with Crippen LogP contribution < -0.4 is 0 Å². The largest absolute Gasteiger partial charge is 0.358 e. The highest BCUT2D eigenvalue weighted by molar-refractivity contribution is 6.33. The van der Waals surface area contributed by atoms with Gasteiger partial charge in [0.2, 0.25) is 0 Å². The van der Waals surface area contributed by atoms with Crippen molar-refractivity contribution in [2.24, 2.45) is 4.99 Å². The molecule has 1 aromatic heterocycles. The molecule has 0 amide bonds. The second kappa shape index (κ2) is 3.61. The standard InChI is InChI=1S/C14H15ClN2/c1-14(2)7-11-13(12(8-15)17-14)9-5-3-4-6-10(9)16-11/h3-6,16H,7-8H2,1-2H3. The summed E-state index contributed by atoms with van der Waals surface area (Å²) >= 11 is 6.05. The van der Waals surface area contributed by atoms with Crippen molar-refractivity contribution in [1.82, 2.24) is 4.98 Å². The first-order valence-electron chi connectivity index (χ1n) is 5.85. The molecule has 0 saturated heterocycles. The van der Waals surface area contributed by atoms with Crippen LogP contribution in [-0.4, -0.2) is 22.1 Å². The summed E-state index contributed by atoms with van der Waals surface area (Å²) in [6.45, 7) is 4.29. The molecule has 17 heavy (non-hydrogen) atoms. The highest BCUT2D eigenvalue weighted by Gasteiger charge is 2.29. The van der Waals surface area contributed by atoms with E-state index >= 15 is 0 Å². The third-order valence-corrected chi connectivity index (χ3v) is 3.50. The lowest BCUT2D eigenvalue weighted by molar-refractivity contribution is 0.508. The molecule has 0 radical (unpaired) electrons. The molecule has 0 unspecified atom stereocenters. The van der Waals surface area contributed by atoms with Crippen LogP contribution in [0.5, 0.6) is 0 Å². The minimum atomic E-state index is -0.0574. The summed E-state index contributed by atoms with van der Waals surface area (Å²) in [4.78, 5) is 8.26. The quantitative estimate of drug-likeness (QED) is 0.746. The van der Waals surface area contributed by atoms with Crippen molar-refractivity contribution in [1.29, 1.82) is 0 Å². The molecule has 1 aromatic carbocycles. The molecule has 1 aliphatic heterocycles. The van der Waals surface area contributed by atoms with Crippen LogP contribution in [0.2, 0.25) is 0 Å². The number of aromatic amines is 1. The zero-order valence-corrected chi connectivity index (χ0v) is 10.8. The number of benzene rings is 1. The van der Waals surface area contributed by atoms with Gasteiger partial charge in [0.15, 0.2) is 0 Å². The fourth-order valence-electron chi connectivity index (χ4n) is 2.65. The maximum atomic E-state index is 6.05. The molecule has 1 N–H and O–H groups in total. The lowest BCUT2D eigenvalue weighted by Crippen LogP contribution is -2.29. The van der Waals surface area contributed by atoms with Gasteiger partial charge in [-0.2, -0.15) is 0 Å². The molecule has 88 valence electrons. The SMILES string of the molecule is CC1(C)Cc2[nH]c3ccccc3c2C(CCl)=N1. The number of nitrogens with zero attached hydrogens (tertiary/aromatic N) is 1. The average Bonchev–Trinajstić information content (AvgIpc) is 2.64. The molecule has 2 aromatic rings. The summed E-state index contributed by atoms with van der Waals surface area (Å²) in [5.41, 5.74) is 4.61. The molecule has 0 atom stereocenters. The van der Waals surface area contributed by atoms with Gasteiger partial charge in [0, 0.05) is 28.6 Å². The van der Waals surface area contributed by atoms with Gasteiger partial charge in [0.05, 0.1) is 17.1 Å². The van der Waals surface area contributed by atoms with Crippen molar-refractivity contribution in [3.8, 4) is 0 Å². The molecule has 3 rings (SSSR count). The first-order chi connectivity index (χ1) is 8.11. The van der Waals surface area contributed by atoms with Crippen molar-refractivity contribution in [2.45, 2.75) is 25.8 Å². The molecular formula is C14H15ClN2. The number of H-pyrrole nitrogens is 1. The molecule has 3 heteroatoms. The zero-order chi connectivity index (χ0) is 12.0. The number of nitrogens with one attached hydrogen (secondary N) is 1. The van der Waals surface area contributed by atoms with Crippen LogP contribution in [0.15, 0.2) is 29.3 Å². The van der Waals surface area contributed by atoms with Gasteiger partial charge in [-0.05, 0) is 19.9 Å². The van der Waals surface area contributed by atoms with E-state index in [0.29, 0.717) is 5.88 Å². The van der Waals surface area contributed by atoms with E-state index in [-0.39, 0.29) is 5.54 Å². The maximum absolute atomic E-state index is 6.05. The van der Waals surface area contributed by atoms with Crippen LogP contribution in [0.4, 0.5) is 0 Å². The number of alkyl halides is 1. The molecule has 0 aliphatic carbocycles. The number of aromatic nitrogens is 1. The van der Waals surface area contributed by atoms with Gasteiger partial charge < -0.3 is 4.98 Å². The Balaban J connectivity index is 2.31. The van der Waals surface area contributed by atoms with Crippen LogP contribution in [0, 0.1) is 0 Å². The topological polar surface area (TPSA) is 28.1 Å². The highest BCUT2D eigenvalue weighted by Crippen LogP contribution is 2.32. The van der Waals surface area contributed by atoms with Crippen molar-refractivity contribution in [2.75, 3.05) is 5.88 Å². The van der Waals surface area contributed by atoms with E-state index in [9.17, 15) is 0 Å². The summed E-state index contributed by atoms with van der Waals surface area (Å²) < 4.78 is 0. The van der Waals surface area contributed by atoms with Gasteiger partial charge in [-0.1, -0.05) is 18.2 Å². The second-order valence-corrected chi connectivity index (χ2v) is 5.47. The van der Waals surface area contributed by atoms with Gasteiger partial charge >= 0.3 is 0 Å². The Kier molecular flexibility index (Phi) is 2.30. The molecule has 0 fully saturated rings. The molecule has 0 saturated carbocycles. The predicted octanol–water partition coefficient (Wildman–Crippen LogP) is 3.53. The van der Waals surface area contributed by atoms with E-state index in [2.05, 4.69) is 37.0 Å². The Morgan fingerprint density at radius 1 is 1.35 bits per heavy atom. The monoisotopic (exact) mass is 246 g/mol. The highest BCUT2D eigenvalue weighted by atomic mass is 35.5. The van der Waals surface area contributed by atoms with E-state index < -0.39 is 0 Å². The Morgan fingerprint density at radius 2 is 2.12 bits per heavy atom. The summed E-state index contributed by atoms with van der Waals surface area (Å²) in [6.07, 6.45) is 0.942. The summed E-state index contributed by atoms with van der Waals surface area (Å²) in [5, 5.41) is 1.23. The van der Waals surface area contributed by atoms with Crippen LogP contribution >= 0.6 is 11.6 Å². The van der Waals surface area contributed by atoms with Gasteiger partial charge in [0.25, 0.3) is 0 Å². The average molecular weight is 247 g/mol. The molecule has 1 aliphatic rings. The number of hydrogen-bond acceptors (Lipinski definition) is 1. The van der Waals surface area contributed by atoms with Crippen molar-refractivity contribution < 1.29 is 0 Å².